The van der Waals surface area contributed by atoms with Crippen molar-refractivity contribution in [2.24, 2.45) is 0 Å². The Balaban J connectivity index is 1.60. The highest BCUT2D eigenvalue weighted by Crippen LogP contribution is 2.20. The van der Waals surface area contributed by atoms with Crippen LogP contribution < -0.4 is 16.0 Å². The van der Waals surface area contributed by atoms with Gasteiger partial charge in [0.2, 0.25) is 0 Å². The number of nitrogens with one attached hydrogen (secondary N) is 3. The number of carbonyl (C=O) groups is 2. The smallest absolute Gasteiger partial charge is 0.321 e. The van der Waals surface area contributed by atoms with E-state index in [9.17, 15) is 9.59 Å². The van der Waals surface area contributed by atoms with Crippen molar-refractivity contribution >= 4 is 63.0 Å². The molecule has 0 radical (unpaired) electrons. The lowest BCUT2D eigenvalue weighted by atomic mass is 10.3. The lowest BCUT2D eigenvalue weighted by Gasteiger charge is -2.05. The van der Waals surface area contributed by atoms with Crippen LogP contribution in [0.15, 0.2) is 53.9 Å². The van der Waals surface area contributed by atoms with Gasteiger partial charge in [-0.3, -0.25) is 10.1 Å². The van der Waals surface area contributed by atoms with E-state index in [1.165, 1.54) is 0 Å². The second-order valence-corrected chi connectivity index (χ2v) is 6.82. The predicted molar refractivity (Wildman–Crippen MR) is 106 cm³/mol. The van der Waals surface area contributed by atoms with Gasteiger partial charge in [-0.15, -0.1) is 11.3 Å². The molecule has 0 unspecified atom stereocenters. The molecule has 26 heavy (non-hydrogen) atoms. The molecule has 0 spiro atoms. The summed E-state index contributed by atoms with van der Waals surface area (Å²) in [5, 5.41) is 10.8. The van der Waals surface area contributed by atoms with Gasteiger partial charge in [0.05, 0.1) is 0 Å². The average molecular weight is 407 g/mol. The molecule has 6 nitrogen and oxygen atoms in total. The van der Waals surface area contributed by atoms with Crippen LogP contribution >= 0.6 is 34.5 Å². The number of halogens is 2. The fraction of sp³-hybridized carbons (Fsp3) is 0. The number of aromatic nitrogens is 1. The zero-order valence-corrected chi connectivity index (χ0v) is 15.5. The first-order valence-electron chi connectivity index (χ1n) is 7.35. The number of hydrogen-bond acceptors (Lipinski definition) is 4. The first-order valence-corrected chi connectivity index (χ1v) is 8.99. The van der Waals surface area contributed by atoms with Gasteiger partial charge in [0, 0.05) is 26.8 Å². The maximum atomic E-state index is 12.2. The molecular weight excluding hydrogens is 395 g/mol. The summed E-state index contributed by atoms with van der Waals surface area (Å²) in [5.41, 5.74) is 1.29. The third-order valence-corrected chi connectivity index (χ3v) is 4.35. The van der Waals surface area contributed by atoms with Crippen LogP contribution in [-0.2, 0) is 0 Å². The van der Waals surface area contributed by atoms with Gasteiger partial charge in [-0.05, 0) is 36.4 Å². The summed E-state index contributed by atoms with van der Waals surface area (Å²) in [7, 11) is 0. The largest absolute Gasteiger partial charge is 0.325 e. The number of urea groups is 1. The van der Waals surface area contributed by atoms with Gasteiger partial charge in [-0.2, -0.15) is 0 Å². The van der Waals surface area contributed by atoms with Crippen molar-refractivity contribution in [3.8, 4) is 0 Å². The molecule has 2 aromatic carbocycles. The Hall–Kier alpha value is -2.61. The van der Waals surface area contributed by atoms with Crippen LogP contribution in [0, 0.1) is 0 Å². The van der Waals surface area contributed by atoms with E-state index in [0.717, 1.165) is 11.3 Å². The highest BCUT2D eigenvalue weighted by atomic mass is 35.5. The Labute approximate surface area is 163 Å². The highest BCUT2D eigenvalue weighted by Gasteiger charge is 2.13. The lowest BCUT2D eigenvalue weighted by Crippen LogP contribution is -2.19. The molecule has 3 amide bonds. The van der Waals surface area contributed by atoms with Crippen molar-refractivity contribution in [1.29, 1.82) is 0 Å². The predicted octanol–water partition coefficient (Wildman–Crippen LogP) is 5.35. The molecule has 1 heterocycles. The van der Waals surface area contributed by atoms with E-state index in [4.69, 9.17) is 23.2 Å². The summed E-state index contributed by atoms with van der Waals surface area (Å²) in [4.78, 5) is 28.3. The summed E-state index contributed by atoms with van der Waals surface area (Å²) >= 11 is 12.9. The maximum absolute atomic E-state index is 12.2. The third kappa shape index (κ3) is 4.95. The molecule has 0 aliphatic rings. The van der Waals surface area contributed by atoms with Crippen molar-refractivity contribution in [1.82, 2.24) is 4.98 Å². The van der Waals surface area contributed by atoms with Crippen molar-refractivity contribution in [3.63, 3.8) is 0 Å². The first-order chi connectivity index (χ1) is 12.5. The number of nitrogens with zero attached hydrogens (tertiary/aromatic N) is 1. The van der Waals surface area contributed by atoms with Gasteiger partial charge in [0.25, 0.3) is 5.91 Å². The van der Waals surface area contributed by atoms with E-state index in [1.54, 1.807) is 53.9 Å². The summed E-state index contributed by atoms with van der Waals surface area (Å²) in [5.74, 6) is -0.396. The van der Waals surface area contributed by atoms with Gasteiger partial charge in [-0.1, -0.05) is 35.3 Å². The number of carbonyl (C=O) groups excluding carboxylic acids is 2. The molecule has 0 saturated heterocycles. The molecule has 0 aliphatic carbocycles. The third-order valence-electron chi connectivity index (χ3n) is 3.12. The van der Waals surface area contributed by atoms with Crippen molar-refractivity contribution < 1.29 is 9.59 Å². The lowest BCUT2D eigenvalue weighted by molar-refractivity contribution is 0.102. The van der Waals surface area contributed by atoms with E-state index in [-0.39, 0.29) is 5.69 Å². The Morgan fingerprint density at radius 2 is 1.50 bits per heavy atom. The second kappa shape index (κ2) is 8.18. The van der Waals surface area contributed by atoms with Crippen LogP contribution in [0.3, 0.4) is 0 Å². The quantitative estimate of drug-likeness (QED) is 0.546. The standard InChI is InChI=1S/C17H12Cl2N4O2S/c18-10-3-1-5-12(7-10)20-15(24)14-9-26-17(22-14)23-16(25)21-13-6-2-4-11(19)8-13/h1-9H,(H,20,24)(H2,21,22,23,25). The van der Waals surface area contributed by atoms with Crippen LogP contribution in [0.4, 0.5) is 21.3 Å². The number of hydrogen-bond donors (Lipinski definition) is 3. The molecule has 0 aliphatic heterocycles. The van der Waals surface area contributed by atoms with E-state index < -0.39 is 11.9 Å². The van der Waals surface area contributed by atoms with Crippen LogP contribution in [0.25, 0.3) is 0 Å². The zero-order valence-electron chi connectivity index (χ0n) is 13.1. The molecular formula is C17H12Cl2N4O2S. The normalized spacial score (nSPS) is 10.2. The fourth-order valence-corrected chi connectivity index (χ4v) is 3.09. The van der Waals surface area contributed by atoms with Gasteiger partial charge < -0.3 is 10.6 Å². The van der Waals surface area contributed by atoms with E-state index in [0.29, 0.717) is 26.6 Å². The monoisotopic (exact) mass is 406 g/mol. The molecule has 3 aromatic rings. The number of benzene rings is 2. The number of amides is 3. The Morgan fingerprint density at radius 3 is 2.12 bits per heavy atom. The molecule has 9 heteroatoms. The van der Waals surface area contributed by atoms with E-state index >= 15 is 0 Å². The highest BCUT2D eigenvalue weighted by molar-refractivity contribution is 7.14. The molecule has 0 saturated carbocycles. The minimum Gasteiger partial charge on any atom is -0.321 e. The SMILES string of the molecule is O=C(Nc1cccc(Cl)c1)Nc1nc(C(=O)Nc2cccc(Cl)c2)cs1. The van der Waals surface area contributed by atoms with Crippen molar-refractivity contribution in [3.05, 3.63) is 69.7 Å². The zero-order chi connectivity index (χ0) is 18.5. The summed E-state index contributed by atoms with van der Waals surface area (Å²) < 4.78 is 0. The first kappa shape index (κ1) is 18.2. The summed E-state index contributed by atoms with van der Waals surface area (Å²) in [6.07, 6.45) is 0. The fourth-order valence-electron chi connectivity index (χ4n) is 2.02. The molecule has 3 rings (SSSR count). The van der Waals surface area contributed by atoms with Gasteiger partial charge in [0.15, 0.2) is 5.13 Å². The molecule has 0 bridgehead atoms. The topological polar surface area (TPSA) is 83.1 Å². The maximum Gasteiger partial charge on any atom is 0.325 e. The van der Waals surface area contributed by atoms with Crippen LogP contribution in [0.1, 0.15) is 10.5 Å². The van der Waals surface area contributed by atoms with E-state index in [1.807, 2.05) is 0 Å². The Kier molecular flexibility index (Phi) is 5.72. The molecule has 1 aromatic heterocycles. The van der Waals surface area contributed by atoms with Crippen LogP contribution in [0.2, 0.25) is 10.0 Å². The average Bonchev–Trinajstić information content (AvgIpc) is 3.03. The number of rotatable bonds is 4. The minimum atomic E-state index is -0.483. The number of anilines is 3. The molecule has 0 atom stereocenters. The van der Waals surface area contributed by atoms with Crippen LogP contribution in [0.5, 0.6) is 0 Å². The van der Waals surface area contributed by atoms with Crippen molar-refractivity contribution in [2.45, 2.75) is 0 Å². The van der Waals surface area contributed by atoms with Gasteiger partial charge >= 0.3 is 6.03 Å². The second-order valence-electron chi connectivity index (χ2n) is 5.09. The van der Waals surface area contributed by atoms with Gasteiger partial charge in [0.1, 0.15) is 5.69 Å². The van der Waals surface area contributed by atoms with Crippen molar-refractivity contribution in [2.75, 3.05) is 16.0 Å². The van der Waals surface area contributed by atoms with Crippen LogP contribution in [-0.4, -0.2) is 16.9 Å². The Morgan fingerprint density at radius 1 is 0.885 bits per heavy atom. The molecule has 0 fully saturated rings. The number of thiazole rings is 1. The Bertz CT molecular complexity index is 961. The molecule has 132 valence electrons. The van der Waals surface area contributed by atoms with E-state index in [2.05, 4.69) is 20.9 Å². The minimum absolute atomic E-state index is 0.188. The summed E-state index contributed by atoms with van der Waals surface area (Å²) in [6, 6.07) is 13.0. The van der Waals surface area contributed by atoms with Gasteiger partial charge in [-0.25, -0.2) is 9.78 Å². The summed E-state index contributed by atoms with van der Waals surface area (Å²) in [6.45, 7) is 0. The molecule has 3 N–H and O–H groups in total.